The zero-order chi connectivity index (χ0) is 9.26. The number of hydrogen-bond acceptors (Lipinski definition) is 3. The van der Waals surface area contributed by atoms with Crippen molar-refractivity contribution in [2.45, 2.75) is 19.4 Å². The molecule has 0 saturated carbocycles. The quantitative estimate of drug-likeness (QED) is 0.779. The van der Waals surface area contributed by atoms with Gasteiger partial charge in [0.2, 0.25) is 0 Å². The molecule has 1 atom stereocenters. The van der Waals surface area contributed by atoms with Gasteiger partial charge in [0.25, 0.3) is 0 Å². The van der Waals surface area contributed by atoms with Crippen LogP contribution in [-0.2, 0) is 6.42 Å². The van der Waals surface area contributed by atoms with Crippen molar-refractivity contribution in [3.8, 4) is 0 Å². The van der Waals surface area contributed by atoms with E-state index in [1.54, 1.807) is 0 Å². The lowest BCUT2D eigenvalue weighted by atomic mass is 10.0. The van der Waals surface area contributed by atoms with Crippen molar-refractivity contribution >= 4 is 11.3 Å². The molecule has 1 aromatic rings. The van der Waals surface area contributed by atoms with E-state index in [1.807, 2.05) is 11.3 Å². The van der Waals surface area contributed by atoms with E-state index in [4.69, 9.17) is 5.11 Å². The monoisotopic (exact) mass is 197 g/mol. The molecule has 2 heterocycles. The Morgan fingerprint density at radius 3 is 3.31 bits per heavy atom. The van der Waals surface area contributed by atoms with E-state index in [0.717, 1.165) is 19.5 Å². The summed E-state index contributed by atoms with van der Waals surface area (Å²) in [4.78, 5) is 3.87. The van der Waals surface area contributed by atoms with Crippen LogP contribution >= 0.6 is 11.3 Å². The molecule has 1 aromatic heterocycles. The van der Waals surface area contributed by atoms with Crippen molar-refractivity contribution in [3.05, 3.63) is 21.9 Å². The minimum atomic E-state index is 0.268. The highest BCUT2D eigenvalue weighted by molar-refractivity contribution is 7.10. The Bertz CT molecular complexity index is 284. The van der Waals surface area contributed by atoms with Crippen molar-refractivity contribution in [2.75, 3.05) is 19.7 Å². The fourth-order valence-corrected chi connectivity index (χ4v) is 2.96. The van der Waals surface area contributed by atoms with Crippen LogP contribution < -0.4 is 0 Å². The number of aliphatic hydroxyl groups is 1. The van der Waals surface area contributed by atoms with E-state index in [1.165, 1.54) is 10.4 Å². The first-order valence-corrected chi connectivity index (χ1v) is 5.62. The first-order valence-electron chi connectivity index (χ1n) is 4.74. The lowest BCUT2D eigenvalue weighted by Crippen LogP contribution is -2.35. The molecule has 0 fully saturated rings. The smallest absolute Gasteiger partial charge is 0.0558 e. The first-order chi connectivity index (χ1) is 6.33. The number of hydrogen-bond donors (Lipinski definition) is 1. The molecular weight excluding hydrogens is 182 g/mol. The van der Waals surface area contributed by atoms with Crippen molar-refractivity contribution in [1.29, 1.82) is 0 Å². The lowest BCUT2D eigenvalue weighted by Gasteiger charge is -2.32. The van der Waals surface area contributed by atoms with E-state index >= 15 is 0 Å². The largest absolute Gasteiger partial charge is 0.395 e. The van der Waals surface area contributed by atoms with Gasteiger partial charge in [-0.15, -0.1) is 11.3 Å². The molecule has 0 aromatic carbocycles. The summed E-state index contributed by atoms with van der Waals surface area (Å²) in [5.74, 6) is 0. The minimum absolute atomic E-state index is 0.268. The van der Waals surface area contributed by atoms with Gasteiger partial charge in [-0.1, -0.05) is 0 Å². The standard InChI is InChI=1S/C10H15NOS/c1-8-9-3-7-13-10(9)2-4-11(8)5-6-12/h3,7-8,12H,2,4-6H2,1H3. The number of rotatable bonds is 2. The third-order valence-electron chi connectivity index (χ3n) is 2.79. The molecular formula is C10H15NOS. The molecule has 2 nitrogen and oxygen atoms in total. The number of nitrogens with zero attached hydrogens (tertiary/aromatic N) is 1. The summed E-state index contributed by atoms with van der Waals surface area (Å²) in [5.41, 5.74) is 1.46. The van der Waals surface area contributed by atoms with E-state index < -0.39 is 0 Å². The maximum Gasteiger partial charge on any atom is 0.0558 e. The lowest BCUT2D eigenvalue weighted by molar-refractivity contribution is 0.152. The Balaban J connectivity index is 2.17. The van der Waals surface area contributed by atoms with Gasteiger partial charge in [-0.05, 0) is 30.4 Å². The molecule has 1 aliphatic heterocycles. The Labute approximate surface area is 82.8 Å². The van der Waals surface area contributed by atoms with Gasteiger partial charge in [-0.2, -0.15) is 0 Å². The second-order valence-corrected chi connectivity index (χ2v) is 4.49. The predicted molar refractivity (Wildman–Crippen MR) is 55.1 cm³/mol. The summed E-state index contributed by atoms with van der Waals surface area (Å²) >= 11 is 1.86. The molecule has 0 spiro atoms. The summed E-state index contributed by atoms with van der Waals surface area (Å²) in [5, 5.41) is 11.1. The fourth-order valence-electron chi connectivity index (χ4n) is 2.00. The van der Waals surface area contributed by atoms with Gasteiger partial charge in [-0.25, -0.2) is 0 Å². The zero-order valence-corrected chi connectivity index (χ0v) is 8.68. The maximum absolute atomic E-state index is 8.90. The average Bonchev–Trinajstić information content (AvgIpc) is 2.58. The molecule has 13 heavy (non-hydrogen) atoms. The zero-order valence-electron chi connectivity index (χ0n) is 7.86. The molecule has 1 N–H and O–H groups in total. The number of thiophene rings is 1. The Hall–Kier alpha value is -0.380. The highest BCUT2D eigenvalue weighted by Gasteiger charge is 2.23. The second kappa shape index (κ2) is 3.78. The van der Waals surface area contributed by atoms with Crippen LogP contribution in [0.15, 0.2) is 11.4 Å². The molecule has 1 unspecified atom stereocenters. The Morgan fingerprint density at radius 1 is 1.69 bits per heavy atom. The van der Waals surface area contributed by atoms with Crippen LogP contribution in [0.3, 0.4) is 0 Å². The van der Waals surface area contributed by atoms with Crippen LogP contribution in [0.5, 0.6) is 0 Å². The number of β-amino-alcohol motifs (C(OH)–C–C–N with tert-alkyl or cyclic N) is 1. The molecule has 0 aliphatic carbocycles. The van der Waals surface area contributed by atoms with Gasteiger partial charge < -0.3 is 5.11 Å². The predicted octanol–water partition coefficient (Wildman–Crippen LogP) is 1.66. The summed E-state index contributed by atoms with van der Waals surface area (Å²) in [6, 6.07) is 2.70. The fraction of sp³-hybridized carbons (Fsp3) is 0.600. The molecule has 0 amide bonds. The van der Waals surface area contributed by atoms with Crippen molar-refractivity contribution in [2.24, 2.45) is 0 Å². The number of fused-ring (bicyclic) bond motifs is 1. The van der Waals surface area contributed by atoms with Crippen LogP contribution in [0.1, 0.15) is 23.4 Å². The molecule has 2 rings (SSSR count). The Morgan fingerprint density at radius 2 is 2.54 bits per heavy atom. The molecule has 0 saturated heterocycles. The van der Waals surface area contributed by atoms with E-state index in [-0.39, 0.29) is 6.61 Å². The van der Waals surface area contributed by atoms with Gasteiger partial charge in [0.05, 0.1) is 6.61 Å². The van der Waals surface area contributed by atoms with Gasteiger partial charge >= 0.3 is 0 Å². The molecule has 3 heteroatoms. The Kier molecular flexibility index (Phi) is 2.67. The number of aliphatic hydroxyl groups excluding tert-OH is 1. The summed E-state index contributed by atoms with van der Waals surface area (Å²) in [7, 11) is 0. The molecule has 0 radical (unpaired) electrons. The van der Waals surface area contributed by atoms with E-state index in [2.05, 4.69) is 23.3 Å². The van der Waals surface area contributed by atoms with Gasteiger partial charge in [0.15, 0.2) is 0 Å². The van der Waals surface area contributed by atoms with Crippen molar-refractivity contribution < 1.29 is 5.11 Å². The van der Waals surface area contributed by atoms with Crippen molar-refractivity contribution in [1.82, 2.24) is 4.90 Å². The van der Waals surface area contributed by atoms with Gasteiger partial charge in [-0.3, -0.25) is 4.90 Å². The summed E-state index contributed by atoms with van der Waals surface area (Å²) < 4.78 is 0. The van der Waals surface area contributed by atoms with Crippen LogP contribution in [0.2, 0.25) is 0 Å². The molecule has 0 bridgehead atoms. The van der Waals surface area contributed by atoms with Crippen molar-refractivity contribution in [3.63, 3.8) is 0 Å². The third-order valence-corrected chi connectivity index (χ3v) is 3.79. The van der Waals surface area contributed by atoms with Crippen LogP contribution in [0.25, 0.3) is 0 Å². The highest BCUT2D eigenvalue weighted by atomic mass is 32.1. The normalized spacial score (nSPS) is 23.1. The van der Waals surface area contributed by atoms with Gasteiger partial charge in [0, 0.05) is 24.0 Å². The van der Waals surface area contributed by atoms with Gasteiger partial charge in [0.1, 0.15) is 0 Å². The van der Waals surface area contributed by atoms with Crippen LogP contribution in [-0.4, -0.2) is 29.7 Å². The molecule has 1 aliphatic rings. The second-order valence-electron chi connectivity index (χ2n) is 3.48. The SMILES string of the molecule is CC1c2ccsc2CCN1CCO. The average molecular weight is 197 g/mol. The minimum Gasteiger partial charge on any atom is -0.395 e. The third kappa shape index (κ3) is 1.64. The van der Waals surface area contributed by atoms with E-state index in [9.17, 15) is 0 Å². The first kappa shape index (κ1) is 9.19. The van der Waals surface area contributed by atoms with Crippen LogP contribution in [0.4, 0.5) is 0 Å². The molecule has 72 valence electrons. The highest BCUT2D eigenvalue weighted by Crippen LogP contribution is 2.32. The summed E-state index contributed by atoms with van der Waals surface area (Å²) in [6.45, 7) is 4.38. The topological polar surface area (TPSA) is 23.5 Å². The van der Waals surface area contributed by atoms with Crippen LogP contribution in [0, 0.1) is 0 Å². The maximum atomic E-state index is 8.90. The summed E-state index contributed by atoms with van der Waals surface area (Å²) in [6.07, 6.45) is 1.15. The van der Waals surface area contributed by atoms with E-state index in [0.29, 0.717) is 6.04 Å².